The fourth-order valence-electron chi connectivity index (χ4n) is 1.11. The van der Waals surface area contributed by atoms with Crippen LogP contribution in [0.4, 0.5) is 13.2 Å². The first kappa shape index (κ1) is 13.7. The number of carboxylic acids is 1. The Hall–Kier alpha value is -1.37. The maximum Gasteiger partial charge on any atom is 0.416 e. The summed E-state index contributed by atoms with van der Waals surface area (Å²) in [5.74, 6) is -1.33. The van der Waals surface area contributed by atoms with E-state index < -0.39 is 28.5 Å². The first-order valence-electron chi connectivity index (χ1n) is 4.58. The lowest BCUT2D eigenvalue weighted by Crippen LogP contribution is -2.08. The molecule has 1 N–H and O–H groups in total. The monoisotopic (exact) mass is 266 g/mol. The molecule has 0 spiro atoms. The highest BCUT2D eigenvalue weighted by molar-refractivity contribution is 7.85. The van der Waals surface area contributed by atoms with Crippen LogP contribution in [0.5, 0.6) is 0 Å². The van der Waals surface area contributed by atoms with Gasteiger partial charge in [-0.3, -0.25) is 9.00 Å². The van der Waals surface area contributed by atoms with Gasteiger partial charge in [-0.15, -0.1) is 0 Å². The fraction of sp³-hybridized carbons (Fsp3) is 0.300. The number of alkyl halides is 3. The molecule has 94 valence electrons. The molecular weight excluding hydrogens is 257 g/mol. The maximum atomic E-state index is 12.4. The molecule has 1 aromatic carbocycles. The van der Waals surface area contributed by atoms with Crippen LogP contribution in [0.1, 0.15) is 12.0 Å². The molecule has 1 unspecified atom stereocenters. The van der Waals surface area contributed by atoms with E-state index in [4.69, 9.17) is 5.11 Å². The zero-order valence-corrected chi connectivity index (χ0v) is 9.35. The summed E-state index contributed by atoms with van der Waals surface area (Å²) in [6, 6.07) is 4.08. The van der Waals surface area contributed by atoms with Crippen LogP contribution in [-0.2, 0) is 21.8 Å². The van der Waals surface area contributed by atoms with E-state index in [2.05, 4.69) is 0 Å². The predicted molar refractivity (Wildman–Crippen MR) is 55.0 cm³/mol. The smallest absolute Gasteiger partial charge is 0.416 e. The molecular formula is C10H9F3O3S. The third kappa shape index (κ3) is 4.18. The van der Waals surface area contributed by atoms with E-state index in [-0.39, 0.29) is 17.1 Å². The molecule has 0 saturated carbocycles. The van der Waals surface area contributed by atoms with Gasteiger partial charge in [-0.05, 0) is 18.2 Å². The standard InChI is InChI=1S/C10H9F3O3S/c11-10(12,13)7-2-1-3-8(6-7)17(16)5-4-9(14)15/h1-3,6H,4-5H2,(H,14,15). The van der Waals surface area contributed by atoms with Gasteiger partial charge in [0.05, 0.1) is 22.8 Å². The lowest BCUT2D eigenvalue weighted by molar-refractivity contribution is -0.138. The molecule has 0 aliphatic carbocycles. The second-order valence-electron chi connectivity index (χ2n) is 3.22. The highest BCUT2D eigenvalue weighted by Crippen LogP contribution is 2.30. The molecule has 0 radical (unpaired) electrons. The summed E-state index contributed by atoms with van der Waals surface area (Å²) >= 11 is 0. The number of carbonyl (C=O) groups is 1. The van der Waals surface area contributed by atoms with Crippen LogP contribution in [-0.4, -0.2) is 21.0 Å². The van der Waals surface area contributed by atoms with Crippen LogP contribution < -0.4 is 0 Å². The third-order valence-electron chi connectivity index (χ3n) is 1.93. The Labute approximate surface area is 97.7 Å². The molecule has 1 atom stereocenters. The third-order valence-corrected chi connectivity index (χ3v) is 3.28. The second-order valence-corrected chi connectivity index (χ2v) is 4.79. The van der Waals surface area contributed by atoms with Crippen molar-refractivity contribution in [1.29, 1.82) is 0 Å². The maximum absolute atomic E-state index is 12.4. The molecule has 0 aliphatic heterocycles. The molecule has 1 rings (SSSR count). The van der Waals surface area contributed by atoms with Crippen molar-refractivity contribution in [2.24, 2.45) is 0 Å². The highest BCUT2D eigenvalue weighted by Gasteiger charge is 2.30. The van der Waals surface area contributed by atoms with Crippen molar-refractivity contribution in [3.8, 4) is 0 Å². The van der Waals surface area contributed by atoms with Gasteiger partial charge in [-0.25, -0.2) is 0 Å². The number of hydrogen-bond donors (Lipinski definition) is 1. The Morgan fingerprint density at radius 1 is 1.35 bits per heavy atom. The molecule has 1 aromatic rings. The van der Waals surface area contributed by atoms with E-state index in [0.29, 0.717) is 0 Å². The molecule has 0 fully saturated rings. The van der Waals surface area contributed by atoms with Crippen LogP contribution in [0.2, 0.25) is 0 Å². The largest absolute Gasteiger partial charge is 0.481 e. The molecule has 7 heteroatoms. The molecule has 0 aliphatic rings. The zero-order valence-electron chi connectivity index (χ0n) is 8.53. The van der Waals surface area contributed by atoms with E-state index in [1.54, 1.807) is 0 Å². The first-order chi connectivity index (χ1) is 7.80. The van der Waals surface area contributed by atoms with Gasteiger partial charge in [0.25, 0.3) is 0 Å². The van der Waals surface area contributed by atoms with E-state index in [9.17, 15) is 22.2 Å². The Kier molecular flexibility index (Phi) is 4.28. The van der Waals surface area contributed by atoms with Gasteiger partial charge in [0.1, 0.15) is 0 Å². The summed E-state index contributed by atoms with van der Waals surface area (Å²) in [4.78, 5) is 10.2. The molecule has 17 heavy (non-hydrogen) atoms. The van der Waals surface area contributed by atoms with E-state index in [1.807, 2.05) is 0 Å². The van der Waals surface area contributed by atoms with Gasteiger partial charge < -0.3 is 5.11 Å². The van der Waals surface area contributed by atoms with Crippen molar-refractivity contribution < 1.29 is 27.3 Å². The minimum atomic E-state index is -4.49. The average molecular weight is 266 g/mol. The van der Waals surface area contributed by atoms with E-state index in [1.165, 1.54) is 6.07 Å². The normalized spacial score (nSPS) is 13.4. The SMILES string of the molecule is O=C(O)CCS(=O)c1cccc(C(F)(F)F)c1. The number of hydrogen-bond acceptors (Lipinski definition) is 2. The van der Waals surface area contributed by atoms with Gasteiger partial charge in [0.2, 0.25) is 0 Å². The summed E-state index contributed by atoms with van der Waals surface area (Å²) in [6.45, 7) is 0. The summed E-state index contributed by atoms with van der Waals surface area (Å²) in [5.41, 5.74) is -0.890. The van der Waals surface area contributed by atoms with Crippen LogP contribution in [0, 0.1) is 0 Å². The van der Waals surface area contributed by atoms with E-state index in [0.717, 1.165) is 18.2 Å². The van der Waals surface area contributed by atoms with Crippen molar-refractivity contribution in [2.75, 3.05) is 5.75 Å². The van der Waals surface area contributed by atoms with Gasteiger partial charge in [-0.1, -0.05) is 6.07 Å². The van der Waals surface area contributed by atoms with Crippen LogP contribution in [0.3, 0.4) is 0 Å². The summed E-state index contributed by atoms with van der Waals surface area (Å²) in [7, 11) is -1.73. The Morgan fingerprint density at radius 3 is 2.53 bits per heavy atom. The molecule has 0 aromatic heterocycles. The Morgan fingerprint density at radius 2 is 2.00 bits per heavy atom. The molecule has 0 amide bonds. The van der Waals surface area contributed by atoms with Crippen molar-refractivity contribution in [3.05, 3.63) is 29.8 Å². The van der Waals surface area contributed by atoms with Crippen molar-refractivity contribution in [1.82, 2.24) is 0 Å². The number of carboxylic acid groups (broad SMARTS) is 1. The van der Waals surface area contributed by atoms with Crippen LogP contribution >= 0.6 is 0 Å². The fourth-order valence-corrected chi connectivity index (χ4v) is 2.20. The van der Waals surface area contributed by atoms with Crippen molar-refractivity contribution in [2.45, 2.75) is 17.5 Å². The number of aliphatic carboxylic acids is 1. The summed E-state index contributed by atoms with van der Waals surface area (Å²) in [6.07, 6.45) is -4.84. The number of benzene rings is 1. The lowest BCUT2D eigenvalue weighted by atomic mass is 10.2. The highest BCUT2D eigenvalue weighted by atomic mass is 32.2. The minimum Gasteiger partial charge on any atom is -0.481 e. The van der Waals surface area contributed by atoms with Gasteiger partial charge in [0, 0.05) is 10.6 Å². The molecule has 0 heterocycles. The van der Waals surface area contributed by atoms with E-state index >= 15 is 0 Å². The average Bonchev–Trinajstić information content (AvgIpc) is 2.25. The van der Waals surface area contributed by atoms with Gasteiger partial charge in [-0.2, -0.15) is 13.2 Å². The lowest BCUT2D eigenvalue weighted by Gasteiger charge is -2.08. The number of halogens is 3. The predicted octanol–water partition coefficient (Wildman–Crippen LogP) is 2.29. The summed E-state index contributed by atoms with van der Waals surface area (Å²) in [5, 5.41) is 8.38. The van der Waals surface area contributed by atoms with Crippen molar-refractivity contribution in [3.63, 3.8) is 0 Å². The molecule has 0 bridgehead atoms. The molecule has 3 nitrogen and oxygen atoms in total. The Balaban J connectivity index is 2.85. The quantitative estimate of drug-likeness (QED) is 0.909. The number of rotatable bonds is 4. The summed E-state index contributed by atoms with van der Waals surface area (Å²) < 4.78 is 48.6. The van der Waals surface area contributed by atoms with Crippen molar-refractivity contribution >= 4 is 16.8 Å². The minimum absolute atomic E-state index is 0.0129. The van der Waals surface area contributed by atoms with Crippen LogP contribution in [0.15, 0.2) is 29.2 Å². The second kappa shape index (κ2) is 5.31. The topological polar surface area (TPSA) is 54.4 Å². The molecule has 0 saturated heterocycles. The zero-order chi connectivity index (χ0) is 13.1. The Bertz CT molecular complexity index is 443. The van der Waals surface area contributed by atoms with Crippen LogP contribution in [0.25, 0.3) is 0 Å². The first-order valence-corrected chi connectivity index (χ1v) is 5.90. The van der Waals surface area contributed by atoms with Gasteiger partial charge >= 0.3 is 12.1 Å². The van der Waals surface area contributed by atoms with Gasteiger partial charge in [0.15, 0.2) is 0 Å².